The summed E-state index contributed by atoms with van der Waals surface area (Å²) in [6.45, 7) is 17.2. The average Bonchev–Trinajstić information content (AvgIpc) is 2.59. The molecular weight excluding hydrogens is 348 g/mol. The van der Waals surface area contributed by atoms with Gasteiger partial charge in [-0.3, -0.25) is 0 Å². The molecule has 0 saturated heterocycles. The lowest BCUT2D eigenvalue weighted by Gasteiger charge is -2.44. The lowest BCUT2D eigenvalue weighted by Crippen LogP contribution is -2.60. The Kier molecular flexibility index (Phi) is 13.8. The fourth-order valence-corrected chi connectivity index (χ4v) is 14.2. The Bertz CT molecular complexity index is 340. The second kappa shape index (κ2) is 13.9. The molecule has 0 heterocycles. The number of rotatable bonds is 15. The zero-order chi connectivity index (χ0) is 19.2. The van der Waals surface area contributed by atoms with Crippen molar-refractivity contribution in [2.75, 3.05) is 26.4 Å². The van der Waals surface area contributed by atoms with E-state index in [9.17, 15) is 0 Å². The highest BCUT2D eigenvalue weighted by Gasteiger charge is 2.58. The minimum absolute atomic E-state index is 0.215. The van der Waals surface area contributed by atoms with Gasteiger partial charge in [-0.25, -0.2) is 0 Å². The molecule has 0 N–H and O–H groups in total. The van der Waals surface area contributed by atoms with Crippen molar-refractivity contribution in [2.24, 2.45) is 0 Å². The number of hydrogen-bond donors (Lipinski definition) is 0. The van der Waals surface area contributed by atoms with E-state index in [2.05, 4.69) is 58.9 Å². The molecule has 0 aliphatic heterocycles. The van der Waals surface area contributed by atoms with Gasteiger partial charge < -0.3 is 17.7 Å². The molecule has 0 radical (unpaired) electrons. The summed E-state index contributed by atoms with van der Waals surface area (Å²) in [7, 11) is -5.03. The molecule has 0 amide bonds. The predicted molar refractivity (Wildman–Crippen MR) is 111 cm³/mol. The fourth-order valence-electron chi connectivity index (χ4n) is 3.50. The second-order valence-corrected chi connectivity index (χ2v) is 13.1. The van der Waals surface area contributed by atoms with Crippen molar-refractivity contribution in [3.8, 4) is 0 Å². The summed E-state index contributed by atoms with van der Waals surface area (Å²) in [6, 6.07) is 1.68. The van der Waals surface area contributed by atoms with Crippen molar-refractivity contribution in [3.05, 3.63) is 24.3 Å². The minimum Gasteiger partial charge on any atom is -0.394 e. The molecule has 0 aliphatic rings. The first-order valence-electron chi connectivity index (χ1n) is 9.84. The summed E-state index contributed by atoms with van der Waals surface area (Å²) in [5.41, 5.74) is 0. The first-order chi connectivity index (χ1) is 12.1. The van der Waals surface area contributed by atoms with E-state index < -0.39 is 17.1 Å². The van der Waals surface area contributed by atoms with Gasteiger partial charge in [0.25, 0.3) is 0 Å². The van der Waals surface area contributed by atoms with Gasteiger partial charge in [0.2, 0.25) is 0 Å². The zero-order valence-corrected chi connectivity index (χ0v) is 19.5. The molecule has 0 aromatic rings. The Morgan fingerprint density at radius 3 is 1.16 bits per heavy atom. The maximum absolute atomic E-state index is 6.42. The Hall–Kier alpha value is -0.246. The summed E-state index contributed by atoms with van der Waals surface area (Å²) in [4.78, 5) is 0. The van der Waals surface area contributed by atoms with E-state index in [-0.39, 0.29) is 5.16 Å². The van der Waals surface area contributed by atoms with Crippen LogP contribution in [0.15, 0.2) is 24.3 Å². The Labute approximate surface area is 158 Å². The summed E-state index contributed by atoms with van der Waals surface area (Å²) < 4.78 is 25.7. The molecule has 6 heteroatoms. The van der Waals surface area contributed by atoms with Crippen molar-refractivity contribution in [2.45, 2.75) is 72.1 Å². The molecule has 0 spiro atoms. The maximum atomic E-state index is 6.42. The third-order valence-corrected chi connectivity index (χ3v) is 14.6. The van der Waals surface area contributed by atoms with Crippen LogP contribution in [-0.4, -0.2) is 43.5 Å². The third kappa shape index (κ3) is 7.11. The SMILES string of the molecule is CC=CC[Si](OCC)(OCC)C(CC)[Si](CC=CC)(OCC)OCC. The van der Waals surface area contributed by atoms with Gasteiger partial charge in [0.15, 0.2) is 0 Å². The van der Waals surface area contributed by atoms with E-state index in [0.717, 1.165) is 18.5 Å². The lowest BCUT2D eigenvalue weighted by molar-refractivity contribution is 0.149. The largest absolute Gasteiger partial charge is 0.394 e. The normalized spacial score (nSPS) is 14.7. The summed E-state index contributed by atoms with van der Waals surface area (Å²) >= 11 is 0. The van der Waals surface area contributed by atoms with E-state index in [0.29, 0.717) is 26.4 Å². The van der Waals surface area contributed by atoms with Gasteiger partial charge in [-0.15, -0.1) is 0 Å². The van der Waals surface area contributed by atoms with Crippen LogP contribution in [0.25, 0.3) is 0 Å². The Morgan fingerprint density at radius 2 is 0.960 bits per heavy atom. The molecule has 0 unspecified atom stereocenters. The summed E-state index contributed by atoms with van der Waals surface area (Å²) in [5.74, 6) is 0. The van der Waals surface area contributed by atoms with Crippen molar-refractivity contribution in [1.29, 1.82) is 0 Å². The molecular formula is C19H40O4Si2. The summed E-state index contributed by atoms with van der Waals surface area (Å²) in [5, 5.41) is 0.215. The van der Waals surface area contributed by atoms with Gasteiger partial charge >= 0.3 is 17.1 Å². The third-order valence-electron chi connectivity index (χ3n) is 4.30. The van der Waals surface area contributed by atoms with Crippen LogP contribution >= 0.6 is 0 Å². The first-order valence-corrected chi connectivity index (χ1v) is 14.0. The quantitative estimate of drug-likeness (QED) is 0.275. The fraction of sp³-hybridized carbons (Fsp3) is 0.789. The van der Waals surface area contributed by atoms with Crippen LogP contribution in [0.3, 0.4) is 0 Å². The molecule has 0 aliphatic carbocycles. The van der Waals surface area contributed by atoms with Gasteiger partial charge in [-0.05, 0) is 48.0 Å². The van der Waals surface area contributed by atoms with Crippen molar-refractivity contribution < 1.29 is 17.7 Å². The van der Waals surface area contributed by atoms with Crippen LogP contribution in [0.4, 0.5) is 0 Å². The Morgan fingerprint density at radius 1 is 0.640 bits per heavy atom. The molecule has 0 fully saturated rings. The van der Waals surface area contributed by atoms with Crippen LogP contribution < -0.4 is 0 Å². The zero-order valence-electron chi connectivity index (χ0n) is 17.5. The van der Waals surface area contributed by atoms with Crippen LogP contribution in [0.5, 0.6) is 0 Å². The van der Waals surface area contributed by atoms with Crippen molar-refractivity contribution >= 4 is 17.1 Å². The molecule has 4 nitrogen and oxygen atoms in total. The monoisotopic (exact) mass is 388 g/mol. The topological polar surface area (TPSA) is 36.9 Å². The van der Waals surface area contributed by atoms with E-state index in [1.54, 1.807) is 0 Å². The molecule has 0 aromatic carbocycles. The smallest absolute Gasteiger partial charge is 0.347 e. The summed E-state index contributed by atoms with van der Waals surface area (Å²) in [6.07, 6.45) is 9.50. The Balaban J connectivity index is 6.16. The van der Waals surface area contributed by atoms with E-state index in [1.165, 1.54) is 0 Å². The van der Waals surface area contributed by atoms with Crippen LogP contribution in [0.1, 0.15) is 54.9 Å². The number of hydrogen-bond acceptors (Lipinski definition) is 4. The molecule has 0 rings (SSSR count). The molecule has 0 bridgehead atoms. The second-order valence-electron chi connectivity index (χ2n) is 5.86. The van der Waals surface area contributed by atoms with Crippen LogP contribution in [-0.2, 0) is 17.7 Å². The molecule has 0 atom stereocenters. The van der Waals surface area contributed by atoms with Crippen molar-refractivity contribution in [1.82, 2.24) is 0 Å². The van der Waals surface area contributed by atoms with E-state index in [4.69, 9.17) is 17.7 Å². The predicted octanol–water partition coefficient (Wildman–Crippen LogP) is 5.49. The van der Waals surface area contributed by atoms with Crippen molar-refractivity contribution in [3.63, 3.8) is 0 Å². The molecule has 25 heavy (non-hydrogen) atoms. The van der Waals surface area contributed by atoms with Gasteiger partial charge in [0.05, 0.1) is 0 Å². The van der Waals surface area contributed by atoms with E-state index >= 15 is 0 Å². The minimum atomic E-state index is -2.51. The van der Waals surface area contributed by atoms with Crippen LogP contribution in [0.2, 0.25) is 17.3 Å². The molecule has 0 aromatic heterocycles. The molecule has 148 valence electrons. The van der Waals surface area contributed by atoms with Gasteiger partial charge in [-0.1, -0.05) is 31.2 Å². The van der Waals surface area contributed by atoms with Gasteiger partial charge in [0, 0.05) is 43.7 Å². The lowest BCUT2D eigenvalue weighted by atomic mass is 10.6. The molecule has 0 saturated carbocycles. The maximum Gasteiger partial charge on any atom is 0.347 e. The van der Waals surface area contributed by atoms with Gasteiger partial charge in [-0.2, -0.15) is 0 Å². The standard InChI is InChI=1S/C19H40O4Si2/c1-8-15-17-24(20-11-4,21-12-5)19(10-3)25(22-13-6,23-14-7)18-16-9-2/h8-9,15-16,19H,10-14,17-18H2,1-7H3. The number of allylic oxidation sites excluding steroid dienone is 4. The van der Waals surface area contributed by atoms with Gasteiger partial charge in [0.1, 0.15) is 0 Å². The first kappa shape index (κ1) is 24.8. The average molecular weight is 389 g/mol. The highest BCUT2D eigenvalue weighted by molar-refractivity contribution is 6.88. The highest BCUT2D eigenvalue weighted by atomic mass is 28.4. The van der Waals surface area contributed by atoms with E-state index in [1.807, 2.05) is 13.8 Å². The highest BCUT2D eigenvalue weighted by Crippen LogP contribution is 2.42. The van der Waals surface area contributed by atoms with Crippen LogP contribution in [0, 0.1) is 0 Å².